The average Bonchev–Trinajstić information content (AvgIpc) is 1.81. The molecule has 0 aromatic carbocycles. The first-order valence-electron chi connectivity index (χ1n) is 0.616. The van der Waals surface area contributed by atoms with Crippen LogP contribution < -0.4 is 0 Å². The summed E-state index contributed by atoms with van der Waals surface area (Å²) in [4.78, 5) is 0. The standard InChI is InChI=1S/Bi.Cu.In.3O.2H. The van der Waals surface area contributed by atoms with Gasteiger partial charge in [0.25, 0.3) is 0 Å². The second kappa shape index (κ2) is 76.7. The van der Waals surface area contributed by atoms with Crippen molar-refractivity contribution in [2.45, 2.75) is 0 Å². The maximum atomic E-state index is 8.42. The SMILES string of the molecule is [O]=[BiH].[O]=[Cu].[O]=[InH]. The minimum atomic E-state index is -0.1000. The van der Waals surface area contributed by atoms with Crippen LogP contribution >= 0.6 is 0 Å². The Kier molecular flexibility index (Phi) is 200. The fourth-order valence-corrected chi connectivity index (χ4v) is 0. The van der Waals surface area contributed by atoms with Gasteiger partial charge in [-0.05, 0) is 0 Å². The van der Waals surface area contributed by atoms with Gasteiger partial charge in [-0.3, -0.25) is 0 Å². The molecular formula is H2BiCuInO3. The summed E-state index contributed by atoms with van der Waals surface area (Å²) in [7, 11) is 0. The van der Waals surface area contributed by atoms with E-state index in [1.54, 1.807) is 0 Å². The molecule has 0 atom stereocenters. The van der Waals surface area contributed by atoms with Gasteiger partial charge in [-0.1, -0.05) is 0 Å². The van der Waals surface area contributed by atoms with Crippen LogP contribution in [0.3, 0.4) is 0 Å². The molecule has 0 unspecified atom stereocenters. The van der Waals surface area contributed by atoms with Crippen LogP contribution in [-0.4, -0.2) is 49.1 Å². The molecule has 0 heterocycles. The van der Waals surface area contributed by atoms with E-state index >= 15 is 0 Å². The molecule has 0 aliphatic carbocycles. The van der Waals surface area contributed by atoms with Crippen molar-refractivity contribution in [1.29, 1.82) is 0 Å². The molecule has 0 spiro atoms. The van der Waals surface area contributed by atoms with E-state index in [0.29, 0.717) is 0 Å². The van der Waals surface area contributed by atoms with Crippen LogP contribution in [0.4, 0.5) is 0 Å². The molecule has 0 saturated heterocycles. The van der Waals surface area contributed by atoms with Crippen LogP contribution in [0.15, 0.2) is 0 Å². The third-order valence-electron chi connectivity index (χ3n) is 0. The topological polar surface area (TPSA) is 51.2 Å². The molecule has 0 aromatic rings. The predicted octanol–water partition coefficient (Wildman–Crippen LogP) is -1.66. The van der Waals surface area contributed by atoms with Gasteiger partial charge in [-0.2, -0.15) is 0 Å². The molecule has 0 aliphatic heterocycles. The number of hydrogen-bond donors (Lipinski definition) is 0. The number of rotatable bonds is 0. The summed E-state index contributed by atoms with van der Waals surface area (Å²) in [6.07, 6.45) is 0. The molecule has 6 heteroatoms. The summed E-state index contributed by atoms with van der Waals surface area (Å²) in [6.45, 7) is 0. The zero-order valence-corrected chi connectivity index (χ0v) is 11.6. The van der Waals surface area contributed by atoms with Crippen molar-refractivity contribution in [2.24, 2.45) is 0 Å². The summed E-state index contributed by atoms with van der Waals surface area (Å²) in [5, 5.41) is 0. The van der Waals surface area contributed by atoms with Gasteiger partial charge in [0, 0.05) is 0 Å². The van der Waals surface area contributed by atoms with Crippen molar-refractivity contribution in [3.63, 3.8) is 0 Å². The molecule has 39 valence electrons. The van der Waals surface area contributed by atoms with Gasteiger partial charge >= 0.3 is 74.5 Å². The summed E-state index contributed by atoms with van der Waals surface area (Å²) in [5.74, 6) is 0. The van der Waals surface area contributed by atoms with Crippen LogP contribution in [0.1, 0.15) is 0 Å². The molecule has 0 rings (SSSR count). The fourth-order valence-electron chi connectivity index (χ4n) is 0. The Hall–Kier alpha value is 1.67. The molecule has 0 amide bonds. The van der Waals surface area contributed by atoms with E-state index in [-0.39, 0.29) is 49.1 Å². The van der Waals surface area contributed by atoms with Crippen LogP contribution in [-0.2, 0) is 25.4 Å². The molecule has 0 bridgehead atoms. The molecule has 0 fully saturated rings. The van der Waals surface area contributed by atoms with Gasteiger partial charge < -0.3 is 0 Å². The molecule has 0 aliphatic rings. The van der Waals surface area contributed by atoms with Crippen molar-refractivity contribution in [2.75, 3.05) is 0 Å². The quantitative estimate of drug-likeness (QED) is 0.427. The van der Waals surface area contributed by atoms with Crippen molar-refractivity contribution in [3.8, 4) is 0 Å². The zero-order valence-electron chi connectivity index (χ0n) is 2.73. The van der Waals surface area contributed by atoms with E-state index in [1.807, 2.05) is 0 Å². The van der Waals surface area contributed by atoms with Gasteiger partial charge in [-0.25, -0.2) is 0 Å². The Balaban J connectivity index is -0.0000000225. The Morgan fingerprint density at radius 2 is 1.17 bits per heavy atom. The van der Waals surface area contributed by atoms with Crippen LogP contribution in [0.5, 0.6) is 0 Å². The van der Waals surface area contributed by atoms with Crippen molar-refractivity contribution in [1.82, 2.24) is 0 Å². The number of hydrogen-bond acceptors (Lipinski definition) is 3. The second-order valence-electron chi connectivity index (χ2n) is 0. The second-order valence-corrected chi connectivity index (χ2v) is 0. The van der Waals surface area contributed by atoms with Crippen LogP contribution in [0.2, 0.25) is 0 Å². The third-order valence-corrected chi connectivity index (χ3v) is 0. The summed E-state index contributed by atoms with van der Waals surface area (Å²) >= 11 is 2.89. The Morgan fingerprint density at radius 1 is 1.17 bits per heavy atom. The molecule has 0 aromatic heterocycles. The van der Waals surface area contributed by atoms with Gasteiger partial charge in [0.15, 0.2) is 0 Å². The van der Waals surface area contributed by atoms with Gasteiger partial charge in [0.05, 0.1) is 0 Å². The van der Waals surface area contributed by atoms with Crippen LogP contribution in [0, 0.1) is 0 Å². The summed E-state index contributed by atoms with van der Waals surface area (Å²) in [6, 6.07) is 0. The maximum absolute atomic E-state index is 8.42. The van der Waals surface area contributed by atoms with E-state index in [1.165, 1.54) is 0 Å². The van der Waals surface area contributed by atoms with Crippen molar-refractivity contribution >= 4 is 49.1 Å². The first-order chi connectivity index (χ1) is 3.00. The molecule has 0 radical (unpaired) electrons. The molecule has 0 N–H and O–H groups in total. The zero-order chi connectivity index (χ0) is 6.00. The monoisotopic (exact) mass is 437 g/mol. The first kappa shape index (κ1) is 15.6. The molecule has 6 heavy (non-hydrogen) atoms. The molecular weight excluding hydrogens is 435 g/mol. The van der Waals surface area contributed by atoms with Gasteiger partial charge in [0.1, 0.15) is 0 Å². The van der Waals surface area contributed by atoms with E-state index in [4.69, 9.17) is 9.50 Å². The van der Waals surface area contributed by atoms with E-state index in [2.05, 4.69) is 15.9 Å². The first-order valence-corrected chi connectivity index (χ1v) is 4.24. The molecule has 0 saturated carbocycles. The summed E-state index contributed by atoms with van der Waals surface area (Å²) in [5.41, 5.74) is 0. The van der Waals surface area contributed by atoms with Crippen molar-refractivity contribution < 1.29 is 25.4 Å². The molecule has 3 nitrogen and oxygen atoms in total. The van der Waals surface area contributed by atoms with Gasteiger partial charge in [0.2, 0.25) is 0 Å². The van der Waals surface area contributed by atoms with E-state index in [9.17, 15) is 0 Å². The normalized spacial score (nSPS) is 2.17. The van der Waals surface area contributed by atoms with E-state index in [0.717, 1.165) is 0 Å². The average molecular weight is 437 g/mol. The third kappa shape index (κ3) is 44.3. The van der Waals surface area contributed by atoms with Crippen molar-refractivity contribution in [3.05, 3.63) is 0 Å². The Labute approximate surface area is 73.6 Å². The fraction of sp³-hybridized carbons (Fsp3) is 0. The Morgan fingerprint density at radius 3 is 1.17 bits per heavy atom. The van der Waals surface area contributed by atoms with E-state index < -0.39 is 0 Å². The predicted molar refractivity (Wildman–Crippen MR) is 16.4 cm³/mol. The van der Waals surface area contributed by atoms with Gasteiger partial charge in [-0.15, -0.1) is 0 Å². The minimum absolute atomic E-state index is 0.0556. The summed E-state index contributed by atoms with van der Waals surface area (Å²) < 4.78 is 24.6. The van der Waals surface area contributed by atoms with Crippen LogP contribution in [0.25, 0.3) is 0 Å². The Bertz CT molecular complexity index is 15.5.